The molecule has 0 heterocycles. The third-order valence-corrected chi connectivity index (χ3v) is 2.76. The van der Waals surface area contributed by atoms with E-state index in [1.807, 2.05) is 36.4 Å². The SMILES string of the molecule is NC(N)=Nc1ccc2c(Br)cccc2c1. The topological polar surface area (TPSA) is 64.4 Å². The first-order valence-corrected chi connectivity index (χ1v) is 5.24. The Bertz CT molecular complexity index is 530. The molecule has 0 saturated heterocycles. The third kappa shape index (κ3) is 2.10. The normalized spacial score (nSPS) is 10.2. The van der Waals surface area contributed by atoms with Gasteiger partial charge in [0.2, 0.25) is 0 Å². The highest BCUT2D eigenvalue weighted by molar-refractivity contribution is 9.10. The number of fused-ring (bicyclic) bond motifs is 1. The van der Waals surface area contributed by atoms with Crippen molar-refractivity contribution in [1.82, 2.24) is 0 Å². The van der Waals surface area contributed by atoms with Gasteiger partial charge in [0.1, 0.15) is 0 Å². The highest BCUT2D eigenvalue weighted by Gasteiger charge is 1.98. The zero-order chi connectivity index (χ0) is 10.8. The summed E-state index contributed by atoms with van der Waals surface area (Å²) in [6.45, 7) is 0. The number of nitrogens with zero attached hydrogens (tertiary/aromatic N) is 1. The first-order chi connectivity index (χ1) is 7.16. The van der Waals surface area contributed by atoms with Gasteiger partial charge >= 0.3 is 0 Å². The molecule has 2 aromatic rings. The van der Waals surface area contributed by atoms with E-state index in [4.69, 9.17) is 11.5 Å². The van der Waals surface area contributed by atoms with Crippen LogP contribution in [-0.2, 0) is 0 Å². The van der Waals surface area contributed by atoms with Crippen LogP contribution >= 0.6 is 15.9 Å². The molecular formula is C11H10BrN3. The number of benzene rings is 2. The molecule has 0 amide bonds. The summed E-state index contributed by atoms with van der Waals surface area (Å²) in [5.41, 5.74) is 11.4. The van der Waals surface area contributed by atoms with Gasteiger partial charge in [0.15, 0.2) is 5.96 Å². The molecule has 0 aliphatic carbocycles. The minimum absolute atomic E-state index is 0.0735. The third-order valence-electron chi connectivity index (χ3n) is 2.07. The first-order valence-electron chi connectivity index (χ1n) is 4.45. The average Bonchev–Trinajstić information content (AvgIpc) is 2.17. The smallest absolute Gasteiger partial charge is 0.191 e. The molecule has 0 bridgehead atoms. The highest BCUT2D eigenvalue weighted by Crippen LogP contribution is 2.27. The summed E-state index contributed by atoms with van der Waals surface area (Å²) in [7, 11) is 0. The average molecular weight is 264 g/mol. The second-order valence-electron chi connectivity index (χ2n) is 3.18. The van der Waals surface area contributed by atoms with Crippen molar-refractivity contribution >= 4 is 38.3 Å². The zero-order valence-electron chi connectivity index (χ0n) is 7.94. The van der Waals surface area contributed by atoms with E-state index in [2.05, 4.69) is 20.9 Å². The van der Waals surface area contributed by atoms with Gasteiger partial charge in [0.25, 0.3) is 0 Å². The lowest BCUT2D eigenvalue weighted by Crippen LogP contribution is -2.21. The van der Waals surface area contributed by atoms with E-state index >= 15 is 0 Å². The number of halogens is 1. The van der Waals surface area contributed by atoms with Crippen LogP contribution in [-0.4, -0.2) is 5.96 Å². The lowest BCUT2D eigenvalue weighted by molar-refractivity contribution is 1.43. The molecule has 0 unspecified atom stereocenters. The van der Waals surface area contributed by atoms with Crippen molar-refractivity contribution in [2.45, 2.75) is 0 Å². The second-order valence-corrected chi connectivity index (χ2v) is 4.04. The molecule has 0 saturated carbocycles. The lowest BCUT2D eigenvalue weighted by atomic mass is 10.1. The van der Waals surface area contributed by atoms with Gasteiger partial charge in [-0.1, -0.05) is 34.1 Å². The zero-order valence-corrected chi connectivity index (χ0v) is 9.53. The maximum atomic E-state index is 5.32. The molecule has 0 aliphatic heterocycles. The molecule has 0 radical (unpaired) electrons. The molecule has 3 nitrogen and oxygen atoms in total. The Morgan fingerprint density at radius 1 is 1.13 bits per heavy atom. The van der Waals surface area contributed by atoms with Crippen LogP contribution in [0.4, 0.5) is 5.69 Å². The summed E-state index contributed by atoms with van der Waals surface area (Å²) in [6.07, 6.45) is 0. The number of hydrogen-bond donors (Lipinski definition) is 2. The molecule has 0 atom stereocenters. The number of guanidine groups is 1. The molecule has 2 aromatic carbocycles. The van der Waals surface area contributed by atoms with Crippen LogP contribution in [0.2, 0.25) is 0 Å². The maximum absolute atomic E-state index is 5.32. The molecule has 4 N–H and O–H groups in total. The van der Waals surface area contributed by atoms with Gasteiger partial charge in [0, 0.05) is 4.47 Å². The van der Waals surface area contributed by atoms with Crippen LogP contribution in [0.15, 0.2) is 45.9 Å². The summed E-state index contributed by atoms with van der Waals surface area (Å²) < 4.78 is 1.07. The predicted octanol–water partition coefficient (Wildman–Crippen LogP) is 2.51. The van der Waals surface area contributed by atoms with Crippen LogP contribution in [0.25, 0.3) is 10.8 Å². The fourth-order valence-corrected chi connectivity index (χ4v) is 1.96. The van der Waals surface area contributed by atoms with Crippen LogP contribution < -0.4 is 11.5 Å². The Balaban J connectivity index is 2.62. The fourth-order valence-electron chi connectivity index (χ4n) is 1.45. The van der Waals surface area contributed by atoms with Crippen molar-refractivity contribution < 1.29 is 0 Å². The molecule has 2 rings (SSSR count). The summed E-state index contributed by atoms with van der Waals surface area (Å²) in [5.74, 6) is 0.0735. The van der Waals surface area contributed by atoms with Crippen molar-refractivity contribution in [3.05, 3.63) is 40.9 Å². The minimum Gasteiger partial charge on any atom is -0.370 e. The van der Waals surface area contributed by atoms with E-state index in [0.717, 1.165) is 20.9 Å². The number of hydrogen-bond acceptors (Lipinski definition) is 1. The second kappa shape index (κ2) is 3.90. The van der Waals surface area contributed by atoms with E-state index in [9.17, 15) is 0 Å². The summed E-state index contributed by atoms with van der Waals surface area (Å²) >= 11 is 3.49. The van der Waals surface area contributed by atoms with E-state index in [-0.39, 0.29) is 5.96 Å². The van der Waals surface area contributed by atoms with Crippen LogP contribution in [0.1, 0.15) is 0 Å². The summed E-state index contributed by atoms with van der Waals surface area (Å²) in [6, 6.07) is 11.8. The Kier molecular flexibility index (Phi) is 2.60. The van der Waals surface area contributed by atoms with Gasteiger partial charge in [-0.3, -0.25) is 0 Å². The lowest BCUT2D eigenvalue weighted by Gasteiger charge is -2.01. The highest BCUT2D eigenvalue weighted by atomic mass is 79.9. The predicted molar refractivity (Wildman–Crippen MR) is 67.1 cm³/mol. The minimum atomic E-state index is 0.0735. The molecule has 0 fully saturated rings. The molecular weight excluding hydrogens is 254 g/mol. The van der Waals surface area contributed by atoms with Gasteiger partial charge in [-0.2, -0.15) is 0 Å². The monoisotopic (exact) mass is 263 g/mol. The van der Waals surface area contributed by atoms with Gasteiger partial charge < -0.3 is 11.5 Å². The van der Waals surface area contributed by atoms with Crippen LogP contribution in [0, 0.1) is 0 Å². The fraction of sp³-hybridized carbons (Fsp3) is 0. The largest absolute Gasteiger partial charge is 0.370 e. The molecule has 0 aromatic heterocycles. The Morgan fingerprint density at radius 2 is 1.93 bits per heavy atom. The van der Waals surface area contributed by atoms with Crippen molar-refractivity contribution in [3.8, 4) is 0 Å². The van der Waals surface area contributed by atoms with E-state index in [1.54, 1.807) is 0 Å². The van der Waals surface area contributed by atoms with Crippen LogP contribution in [0.5, 0.6) is 0 Å². The van der Waals surface area contributed by atoms with Gasteiger partial charge in [-0.25, -0.2) is 4.99 Å². The molecule has 0 aliphatic rings. The van der Waals surface area contributed by atoms with Crippen molar-refractivity contribution in [3.63, 3.8) is 0 Å². The van der Waals surface area contributed by atoms with E-state index < -0.39 is 0 Å². The van der Waals surface area contributed by atoms with Gasteiger partial charge in [0.05, 0.1) is 5.69 Å². The molecule has 4 heteroatoms. The quantitative estimate of drug-likeness (QED) is 0.614. The molecule has 0 spiro atoms. The number of aliphatic imine (C=N–C) groups is 1. The van der Waals surface area contributed by atoms with Gasteiger partial charge in [-0.05, 0) is 29.0 Å². The Hall–Kier alpha value is -1.55. The maximum Gasteiger partial charge on any atom is 0.191 e. The van der Waals surface area contributed by atoms with Crippen molar-refractivity contribution in [2.75, 3.05) is 0 Å². The summed E-state index contributed by atoms with van der Waals surface area (Å²) in [4.78, 5) is 4.00. The van der Waals surface area contributed by atoms with E-state index in [0.29, 0.717) is 0 Å². The first kappa shape index (κ1) is 9.98. The van der Waals surface area contributed by atoms with Crippen molar-refractivity contribution in [2.24, 2.45) is 16.5 Å². The van der Waals surface area contributed by atoms with Gasteiger partial charge in [-0.15, -0.1) is 0 Å². The summed E-state index contributed by atoms with van der Waals surface area (Å²) in [5, 5.41) is 2.25. The Labute approximate surface area is 95.9 Å². The standard InChI is InChI=1S/C11H10BrN3/c12-10-3-1-2-7-6-8(15-11(13)14)4-5-9(7)10/h1-6H,(H4,13,14,15). The number of nitrogens with two attached hydrogens (primary N) is 2. The molecule has 15 heavy (non-hydrogen) atoms. The van der Waals surface area contributed by atoms with Crippen LogP contribution in [0.3, 0.4) is 0 Å². The molecule has 76 valence electrons. The van der Waals surface area contributed by atoms with Crippen molar-refractivity contribution in [1.29, 1.82) is 0 Å². The van der Waals surface area contributed by atoms with E-state index in [1.165, 1.54) is 0 Å². The Morgan fingerprint density at radius 3 is 2.67 bits per heavy atom. The number of rotatable bonds is 1.